The number of carbonyl (C=O) groups excluding carboxylic acids is 1. The van der Waals surface area contributed by atoms with Crippen LogP contribution in [0.2, 0.25) is 0 Å². The Labute approximate surface area is 135 Å². The van der Waals surface area contributed by atoms with E-state index in [0.29, 0.717) is 5.56 Å². The predicted molar refractivity (Wildman–Crippen MR) is 86.1 cm³/mol. The minimum Gasteiger partial charge on any atom is -0.268 e. The van der Waals surface area contributed by atoms with E-state index < -0.39 is 25.8 Å². The first kappa shape index (κ1) is 17.2. The fraction of sp³-hybridized carbons (Fsp3) is 0.133. The molecule has 0 aliphatic carbocycles. The molecule has 0 radical (unpaired) electrons. The first-order chi connectivity index (χ1) is 10.7. The lowest BCUT2D eigenvalue weighted by Crippen LogP contribution is -2.30. The topological polar surface area (TPSA) is 97.4 Å². The molecular weight excluding hydrogens is 338 g/mol. The Morgan fingerprint density at radius 3 is 2.22 bits per heavy atom. The van der Waals surface area contributed by atoms with Crippen molar-refractivity contribution in [3.05, 3.63) is 65.7 Å². The molecule has 0 atom stereocenters. The van der Waals surface area contributed by atoms with E-state index in [2.05, 4.69) is 0 Å². The molecule has 1 N–H and O–H groups in total. The van der Waals surface area contributed by atoms with Gasteiger partial charge in [-0.25, -0.2) is 21.6 Å². The first-order valence-electron chi connectivity index (χ1n) is 6.56. The Bertz CT molecular complexity index is 919. The van der Waals surface area contributed by atoms with E-state index in [1.165, 1.54) is 30.3 Å². The summed E-state index contributed by atoms with van der Waals surface area (Å²) in [6.45, 7) is 0. The van der Waals surface area contributed by atoms with Gasteiger partial charge in [-0.1, -0.05) is 30.3 Å². The molecule has 0 aromatic heterocycles. The van der Waals surface area contributed by atoms with Gasteiger partial charge in [0, 0.05) is 11.8 Å². The molecule has 2 aromatic rings. The van der Waals surface area contributed by atoms with Crippen molar-refractivity contribution < 1.29 is 21.6 Å². The molecule has 0 unspecified atom stereocenters. The quantitative estimate of drug-likeness (QED) is 0.875. The van der Waals surface area contributed by atoms with Crippen molar-refractivity contribution in [2.45, 2.75) is 10.6 Å². The van der Waals surface area contributed by atoms with Crippen molar-refractivity contribution in [3.8, 4) is 0 Å². The molecule has 6 nitrogen and oxygen atoms in total. The van der Waals surface area contributed by atoms with Crippen molar-refractivity contribution >= 4 is 25.8 Å². The largest absolute Gasteiger partial charge is 0.268 e. The molecule has 0 spiro atoms. The first-order valence-corrected chi connectivity index (χ1v) is 10.1. The van der Waals surface area contributed by atoms with Gasteiger partial charge in [0.05, 0.1) is 10.6 Å². The molecule has 2 rings (SSSR count). The minimum atomic E-state index is -3.97. The molecule has 0 saturated carbocycles. The van der Waals surface area contributed by atoms with Crippen molar-refractivity contribution in [1.82, 2.24) is 4.72 Å². The zero-order chi connectivity index (χ0) is 17.1. The summed E-state index contributed by atoms with van der Waals surface area (Å²) in [6.07, 6.45) is 1.08. The fourth-order valence-corrected chi connectivity index (χ4v) is 3.72. The molecule has 1 amide bonds. The third-order valence-electron chi connectivity index (χ3n) is 2.90. The van der Waals surface area contributed by atoms with Crippen molar-refractivity contribution in [2.24, 2.45) is 0 Å². The highest BCUT2D eigenvalue weighted by atomic mass is 32.2. The van der Waals surface area contributed by atoms with Gasteiger partial charge in [-0.2, -0.15) is 0 Å². The molecule has 0 heterocycles. The molecule has 122 valence electrons. The fourth-order valence-electron chi connectivity index (χ4n) is 1.94. The summed E-state index contributed by atoms with van der Waals surface area (Å²) in [5.41, 5.74) is 0.489. The van der Waals surface area contributed by atoms with Crippen LogP contribution in [0, 0.1) is 0 Å². The lowest BCUT2D eigenvalue weighted by molar-refractivity contribution is 0.0981. The van der Waals surface area contributed by atoms with Crippen molar-refractivity contribution in [2.75, 3.05) is 6.26 Å². The zero-order valence-electron chi connectivity index (χ0n) is 12.3. The maximum absolute atomic E-state index is 12.1. The van der Waals surface area contributed by atoms with Crippen molar-refractivity contribution in [1.29, 1.82) is 0 Å². The van der Waals surface area contributed by atoms with Crippen LogP contribution in [0.5, 0.6) is 0 Å². The SMILES string of the molecule is CS(=O)(=O)Cc1cccc(C(=O)NS(=O)(=O)c2ccccc2)c1. The van der Waals surface area contributed by atoms with Gasteiger partial charge in [-0.05, 0) is 29.8 Å². The normalized spacial score (nSPS) is 11.9. The van der Waals surface area contributed by atoms with Crippen LogP contribution in [0.25, 0.3) is 0 Å². The highest BCUT2D eigenvalue weighted by Gasteiger charge is 2.18. The molecule has 8 heteroatoms. The smallest absolute Gasteiger partial charge is 0.265 e. The van der Waals surface area contributed by atoms with E-state index in [1.54, 1.807) is 24.3 Å². The maximum Gasteiger partial charge on any atom is 0.265 e. The number of benzene rings is 2. The van der Waals surface area contributed by atoms with Crippen LogP contribution >= 0.6 is 0 Å². The second-order valence-corrected chi connectivity index (χ2v) is 8.84. The van der Waals surface area contributed by atoms with Gasteiger partial charge >= 0.3 is 0 Å². The zero-order valence-corrected chi connectivity index (χ0v) is 13.9. The van der Waals surface area contributed by atoms with Crippen LogP contribution < -0.4 is 4.72 Å². The van der Waals surface area contributed by atoms with Crippen molar-refractivity contribution in [3.63, 3.8) is 0 Å². The average molecular weight is 353 g/mol. The van der Waals surface area contributed by atoms with Gasteiger partial charge in [0.2, 0.25) is 0 Å². The molecule has 0 bridgehead atoms. The van der Waals surface area contributed by atoms with Gasteiger partial charge in [0.1, 0.15) is 0 Å². The molecule has 0 aliphatic rings. The summed E-state index contributed by atoms with van der Waals surface area (Å²) >= 11 is 0. The van der Waals surface area contributed by atoms with Crippen LogP contribution in [0.1, 0.15) is 15.9 Å². The molecule has 2 aromatic carbocycles. The number of sulfone groups is 1. The summed E-state index contributed by atoms with van der Waals surface area (Å²) < 4.78 is 48.8. The van der Waals surface area contributed by atoms with Crippen LogP contribution in [0.15, 0.2) is 59.5 Å². The van der Waals surface area contributed by atoms with E-state index >= 15 is 0 Å². The van der Waals surface area contributed by atoms with Gasteiger partial charge in [-0.15, -0.1) is 0 Å². The standard InChI is InChI=1S/C15H15NO5S2/c1-22(18,19)11-12-6-5-7-13(10-12)15(17)16-23(20,21)14-8-3-2-4-9-14/h2-10H,11H2,1H3,(H,16,17). The van der Waals surface area contributed by atoms with E-state index in [-0.39, 0.29) is 16.2 Å². The van der Waals surface area contributed by atoms with E-state index in [4.69, 9.17) is 0 Å². The number of hydrogen-bond donors (Lipinski definition) is 1. The van der Waals surface area contributed by atoms with Gasteiger partial charge in [0.15, 0.2) is 9.84 Å². The van der Waals surface area contributed by atoms with Crippen LogP contribution in [-0.4, -0.2) is 29.0 Å². The summed E-state index contributed by atoms with van der Waals surface area (Å²) in [7, 11) is -7.22. The third-order valence-corrected chi connectivity index (χ3v) is 5.10. The second kappa shape index (κ2) is 6.51. The Kier molecular flexibility index (Phi) is 4.86. The molecule has 23 heavy (non-hydrogen) atoms. The van der Waals surface area contributed by atoms with Crippen LogP contribution in [0.3, 0.4) is 0 Å². The number of rotatable bonds is 5. The average Bonchev–Trinajstić information content (AvgIpc) is 2.46. The van der Waals surface area contributed by atoms with E-state index in [9.17, 15) is 21.6 Å². The number of amides is 1. The monoisotopic (exact) mass is 353 g/mol. The lowest BCUT2D eigenvalue weighted by Gasteiger charge is -2.08. The minimum absolute atomic E-state index is 0.0272. The van der Waals surface area contributed by atoms with Gasteiger partial charge in [-0.3, -0.25) is 4.79 Å². The number of hydrogen-bond acceptors (Lipinski definition) is 5. The Hall–Kier alpha value is -2.19. The molecular formula is C15H15NO5S2. The number of sulfonamides is 1. The number of nitrogens with one attached hydrogen (secondary N) is 1. The van der Waals surface area contributed by atoms with Crippen LogP contribution in [-0.2, 0) is 25.6 Å². The predicted octanol–water partition coefficient (Wildman–Crippen LogP) is 1.35. The summed E-state index contributed by atoms with van der Waals surface area (Å²) in [5, 5.41) is 0. The van der Waals surface area contributed by atoms with Crippen LogP contribution in [0.4, 0.5) is 0 Å². The summed E-state index contributed by atoms with van der Waals surface area (Å²) in [5.74, 6) is -1.04. The molecule has 0 aliphatic heterocycles. The Balaban J connectivity index is 2.23. The molecule has 0 fully saturated rings. The second-order valence-electron chi connectivity index (χ2n) is 5.02. The van der Waals surface area contributed by atoms with E-state index in [1.807, 2.05) is 4.72 Å². The molecule has 0 saturated heterocycles. The highest BCUT2D eigenvalue weighted by Crippen LogP contribution is 2.11. The number of carbonyl (C=O) groups is 1. The lowest BCUT2D eigenvalue weighted by atomic mass is 10.1. The van der Waals surface area contributed by atoms with E-state index in [0.717, 1.165) is 6.26 Å². The van der Waals surface area contributed by atoms with Gasteiger partial charge < -0.3 is 0 Å². The Morgan fingerprint density at radius 1 is 0.957 bits per heavy atom. The Morgan fingerprint density at radius 2 is 1.61 bits per heavy atom. The maximum atomic E-state index is 12.1. The third kappa shape index (κ3) is 4.90. The van der Waals surface area contributed by atoms with Gasteiger partial charge in [0.25, 0.3) is 15.9 Å². The highest BCUT2D eigenvalue weighted by molar-refractivity contribution is 7.90. The summed E-state index contributed by atoms with van der Waals surface area (Å²) in [4.78, 5) is 12.1. The summed E-state index contributed by atoms with van der Waals surface area (Å²) in [6, 6.07) is 13.3.